The van der Waals surface area contributed by atoms with Crippen LogP contribution in [-0.2, 0) is 9.16 Å². The van der Waals surface area contributed by atoms with Crippen LogP contribution in [0.2, 0.25) is 0 Å². The molecule has 9 heavy (non-hydrogen) atoms. The molecule has 0 aromatic rings. The topological polar surface area (TPSA) is 20.5 Å². The van der Waals surface area contributed by atoms with E-state index in [1.165, 1.54) is 0 Å². The van der Waals surface area contributed by atoms with Crippen molar-refractivity contribution in [3.63, 3.8) is 0 Å². The Morgan fingerprint density at radius 1 is 1.78 bits per heavy atom. The molecule has 0 N–H and O–H groups in total. The molecule has 0 atom stereocenters. The lowest BCUT2D eigenvalue weighted by Crippen LogP contribution is -2.01. The highest BCUT2D eigenvalue weighted by Gasteiger charge is 1.95. The minimum Gasteiger partial charge on any atom is -0.523 e. The summed E-state index contributed by atoms with van der Waals surface area (Å²) in [6, 6.07) is 0. The van der Waals surface area contributed by atoms with Crippen LogP contribution in [0.4, 0.5) is 0 Å². The average Bonchev–Trinajstić information content (AvgIpc) is 1.91. The Bertz CT molecular complexity index is 136. The maximum absolute atomic E-state index is 5.14. The molecule has 1 rings (SSSR count). The van der Waals surface area contributed by atoms with Crippen molar-refractivity contribution >= 4 is 6.29 Å². The number of allylic oxidation sites excluding steroid dienone is 2. The van der Waals surface area contributed by atoms with E-state index in [4.69, 9.17) is 4.74 Å². The van der Waals surface area contributed by atoms with Gasteiger partial charge in [-0.3, -0.25) is 0 Å². The molecule has 50 valence electrons. The predicted molar refractivity (Wildman–Crippen MR) is 34.9 cm³/mol. The lowest BCUT2D eigenvalue weighted by Gasteiger charge is -2.13. The largest absolute Gasteiger partial charge is 0.523 e. The molecule has 0 unspecified atom stereocenters. The third-order valence-electron chi connectivity index (χ3n) is 1.14. The Hall–Kier alpha value is -0.790. The summed E-state index contributed by atoms with van der Waals surface area (Å²) in [6.07, 6.45) is 6.78. The van der Waals surface area contributed by atoms with Gasteiger partial charge in [0, 0.05) is 5.76 Å². The van der Waals surface area contributed by atoms with E-state index in [-0.39, 0.29) is 0 Å². The van der Waals surface area contributed by atoms with E-state index >= 15 is 0 Å². The van der Waals surface area contributed by atoms with Crippen LogP contribution in [0.5, 0.6) is 0 Å². The Kier molecular flexibility index (Phi) is 2.31. The lowest BCUT2D eigenvalue weighted by atomic mass is 10.2. The normalized spacial score (nSPS) is 19.4. The van der Waals surface area contributed by atoms with Gasteiger partial charge in [0.25, 0.3) is 6.29 Å². The molecule has 1 aliphatic rings. The zero-order valence-corrected chi connectivity index (χ0v) is 5.52. The third kappa shape index (κ3) is 1.88. The number of hydrogen-bond donors (Lipinski definition) is 0. The molecule has 1 heterocycles. The molecule has 0 aliphatic carbocycles. The number of ether oxygens (including phenoxy) is 1. The molecule has 0 fully saturated rings. The fourth-order valence-electron chi connectivity index (χ4n) is 0.729. The smallest absolute Gasteiger partial charge is 0.260 e. The second kappa shape index (κ2) is 3.28. The molecule has 0 aromatic heterocycles. The Balaban J connectivity index is 2.46. The number of rotatable bonds is 1. The standard InChI is InChI=1S/C7H10O2/c1-8-6-7-4-2-3-5-9-7/h4H,2-3,5H2,1H3. The highest BCUT2D eigenvalue weighted by Crippen LogP contribution is 2.06. The molecule has 2 heteroatoms. The van der Waals surface area contributed by atoms with Gasteiger partial charge in [0.2, 0.25) is 7.11 Å². The zero-order valence-electron chi connectivity index (χ0n) is 5.52. The monoisotopic (exact) mass is 126 g/mol. The molecule has 0 saturated carbocycles. The average molecular weight is 126 g/mol. The van der Waals surface area contributed by atoms with Crippen LogP contribution < -0.4 is 0 Å². The van der Waals surface area contributed by atoms with Crippen LogP contribution in [0.1, 0.15) is 12.8 Å². The van der Waals surface area contributed by atoms with E-state index < -0.39 is 0 Å². The maximum atomic E-state index is 5.14. The first-order valence-corrected chi connectivity index (χ1v) is 3.05. The van der Waals surface area contributed by atoms with E-state index in [9.17, 15) is 0 Å². The van der Waals surface area contributed by atoms with E-state index in [2.05, 4.69) is 10.7 Å². The summed E-state index contributed by atoms with van der Waals surface area (Å²) in [7, 11) is 1.57. The van der Waals surface area contributed by atoms with Gasteiger partial charge in [-0.2, -0.15) is 6.08 Å². The highest BCUT2D eigenvalue weighted by molar-refractivity contribution is 5.71. The van der Waals surface area contributed by atoms with Gasteiger partial charge in [0.15, 0.2) is 0 Å². The zero-order chi connectivity index (χ0) is 6.53. The van der Waals surface area contributed by atoms with Crippen LogP contribution >= 0.6 is 0 Å². The Morgan fingerprint density at radius 3 is 3.22 bits per heavy atom. The van der Waals surface area contributed by atoms with Crippen LogP contribution in [0.15, 0.2) is 11.8 Å². The fourth-order valence-corrected chi connectivity index (χ4v) is 0.729. The summed E-state index contributed by atoms with van der Waals surface area (Å²) in [4.78, 5) is 0. The van der Waals surface area contributed by atoms with E-state index in [0.717, 1.165) is 25.2 Å². The summed E-state index contributed by atoms with van der Waals surface area (Å²) in [6.45, 7) is 0.794. The molecule has 0 saturated heterocycles. The van der Waals surface area contributed by atoms with Crippen molar-refractivity contribution in [2.45, 2.75) is 12.8 Å². The lowest BCUT2D eigenvalue weighted by molar-refractivity contribution is 0.160. The summed E-state index contributed by atoms with van der Waals surface area (Å²) in [5.74, 6) is 0.740. The number of carbonyl (C=O) groups excluding carboxylic acids is 1. The molecular weight excluding hydrogens is 116 g/mol. The minimum absolute atomic E-state index is 0.740. The van der Waals surface area contributed by atoms with Gasteiger partial charge >= 0.3 is 0 Å². The van der Waals surface area contributed by atoms with Gasteiger partial charge < -0.3 is 9.16 Å². The molecule has 0 bridgehead atoms. The summed E-state index contributed by atoms with van der Waals surface area (Å²) >= 11 is 0. The molecule has 1 aliphatic heterocycles. The van der Waals surface area contributed by atoms with Gasteiger partial charge in [-0.05, 0) is 6.42 Å². The molecule has 0 aromatic carbocycles. The van der Waals surface area contributed by atoms with Crippen LogP contribution in [0.3, 0.4) is 0 Å². The first kappa shape index (κ1) is 6.33. The van der Waals surface area contributed by atoms with E-state index in [0.29, 0.717) is 0 Å². The van der Waals surface area contributed by atoms with Gasteiger partial charge in [-0.15, -0.1) is 0 Å². The molecule has 0 radical (unpaired) electrons. The van der Waals surface area contributed by atoms with Crippen LogP contribution in [-0.4, -0.2) is 20.0 Å². The number of hydrogen-bond acceptors (Lipinski definition) is 1. The van der Waals surface area contributed by atoms with Crippen molar-refractivity contribution in [2.75, 3.05) is 13.7 Å². The summed E-state index contributed by atoms with van der Waals surface area (Å²) in [5.41, 5.74) is 0. The van der Waals surface area contributed by atoms with Crippen molar-refractivity contribution < 1.29 is 9.16 Å². The molecule has 2 nitrogen and oxygen atoms in total. The highest BCUT2D eigenvalue weighted by atomic mass is 16.5. The Morgan fingerprint density at radius 2 is 2.67 bits per heavy atom. The van der Waals surface area contributed by atoms with Crippen LogP contribution in [0.25, 0.3) is 0 Å². The van der Waals surface area contributed by atoms with E-state index in [1.807, 2.05) is 6.08 Å². The first-order chi connectivity index (χ1) is 4.43. The summed E-state index contributed by atoms with van der Waals surface area (Å²) < 4.78 is 9.78. The van der Waals surface area contributed by atoms with Gasteiger partial charge in [-0.1, -0.05) is 6.42 Å². The SMILES string of the molecule is C[O+]=[C-]C1=CCCCO1. The van der Waals surface area contributed by atoms with Crippen molar-refractivity contribution in [3.8, 4) is 0 Å². The minimum atomic E-state index is 0.740. The quantitative estimate of drug-likeness (QED) is 0.378. The maximum Gasteiger partial charge on any atom is 0.260 e. The van der Waals surface area contributed by atoms with Gasteiger partial charge in [-0.25, -0.2) is 0 Å². The van der Waals surface area contributed by atoms with Crippen molar-refractivity contribution in [1.29, 1.82) is 0 Å². The first-order valence-electron chi connectivity index (χ1n) is 3.05. The molecular formula is C7H10O2. The molecule has 0 spiro atoms. The van der Waals surface area contributed by atoms with Crippen LogP contribution in [0, 0.1) is 0 Å². The second-order valence-corrected chi connectivity index (χ2v) is 1.87. The Labute approximate surface area is 54.8 Å². The predicted octanol–water partition coefficient (Wildman–Crippen LogP) is 0.956. The van der Waals surface area contributed by atoms with Crippen molar-refractivity contribution in [3.05, 3.63) is 11.8 Å². The van der Waals surface area contributed by atoms with Crippen molar-refractivity contribution in [2.24, 2.45) is 0 Å². The molecule has 0 amide bonds. The van der Waals surface area contributed by atoms with Gasteiger partial charge in [0.1, 0.15) is 0 Å². The fraction of sp³-hybridized carbons (Fsp3) is 0.571. The van der Waals surface area contributed by atoms with Crippen molar-refractivity contribution in [1.82, 2.24) is 0 Å². The van der Waals surface area contributed by atoms with Gasteiger partial charge in [0.05, 0.1) is 6.61 Å². The third-order valence-corrected chi connectivity index (χ3v) is 1.14. The van der Waals surface area contributed by atoms with E-state index in [1.54, 1.807) is 7.11 Å². The second-order valence-electron chi connectivity index (χ2n) is 1.87. The summed E-state index contributed by atoms with van der Waals surface area (Å²) in [5, 5.41) is 0.